The Morgan fingerprint density at radius 2 is 2.00 bits per heavy atom. The molecule has 2 aromatic rings. The lowest BCUT2D eigenvalue weighted by molar-refractivity contribution is 0.283. The monoisotopic (exact) mass is 284 g/mol. The highest BCUT2D eigenvalue weighted by Crippen LogP contribution is 2.33. The van der Waals surface area contributed by atoms with Crippen molar-refractivity contribution < 1.29 is 14.6 Å². The minimum Gasteiger partial charge on any atom is -0.493 e. The van der Waals surface area contributed by atoms with E-state index in [1.54, 1.807) is 0 Å². The normalized spacial score (nSPS) is 12.8. The Kier molecular flexibility index (Phi) is 4.41. The van der Waals surface area contributed by atoms with E-state index in [0.29, 0.717) is 6.61 Å². The standard InChI is InChI=1S/C18H20O3/c19-9-4-7-15-11-17-16(8-10-20-17)12-18(15)21-13-14-5-2-1-3-6-14/h1-3,5-6,11-12,19H,4,7-10,13H2. The van der Waals surface area contributed by atoms with Gasteiger partial charge in [0.1, 0.15) is 18.1 Å². The third-order valence-electron chi connectivity index (χ3n) is 3.71. The quantitative estimate of drug-likeness (QED) is 0.885. The van der Waals surface area contributed by atoms with Crippen molar-refractivity contribution in [1.82, 2.24) is 0 Å². The van der Waals surface area contributed by atoms with Gasteiger partial charge in [-0.2, -0.15) is 0 Å². The van der Waals surface area contributed by atoms with E-state index in [9.17, 15) is 0 Å². The number of hydrogen-bond donors (Lipinski definition) is 1. The summed E-state index contributed by atoms with van der Waals surface area (Å²) in [5, 5.41) is 9.05. The molecule has 1 heterocycles. The molecule has 0 amide bonds. The Hall–Kier alpha value is -2.00. The van der Waals surface area contributed by atoms with E-state index < -0.39 is 0 Å². The average Bonchev–Trinajstić information content (AvgIpc) is 2.98. The zero-order valence-corrected chi connectivity index (χ0v) is 12.0. The second-order valence-corrected chi connectivity index (χ2v) is 5.27. The molecule has 0 atom stereocenters. The lowest BCUT2D eigenvalue weighted by Crippen LogP contribution is -2.00. The maximum absolute atomic E-state index is 9.05. The van der Waals surface area contributed by atoms with Gasteiger partial charge in [-0.15, -0.1) is 0 Å². The summed E-state index contributed by atoms with van der Waals surface area (Å²) in [6, 6.07) is 14.3. The number of aryl methyl sites for hydroxylation is 1. The van der Waals surface area contributed by atoms with Gasteiger partial charge in [-0.05, 0) is 36.1 Å². The van der Waals surface area contributed by atoms with Crippen molar-refractivity contribution in [3.8, 4) is 11.5 Å². The minimum atomic E-state index is 0.191. The second kappa shape index (κ2) is 6.64. The van der Waals surface area contributed by atoms with Gasteiger partial charge in [-0.1, -0.05) is 30.3 Å². The SMILES string of the molecule is OCCCc1cc2c(cc1OCc1ccccc1)CCO2. The summed E-state index contributed by atoms with van der Waals surface area (Å²) in [6.45, 7) is 1.50. The molecule has 0 aromatic heterocycles. The van der Waals surface area contributed by atoms with Crippen molar-refractivity contribution in [3.63, 3.8) is 0 Å². The molecule has 0 saturated carbocycles. The largest absolute Gasteiger partial charge is 0.493 e. The highest BCUT2D eigenvalue weighted by Gasteiger charge is 2.16. The van der Waals surface area contributed by atoms with Crippen LogP contribution >= 0.6 is 0 Å². The van der Waals surface area contributed by atoms with Crippen molar-refractivity contribution in [2.75, 3.05) is 13.2 Å². The number of fused-ring (bicyclic) bond motifs is 1. The van der Waals surface area contributed by atoms with E-state index in [1.807, 2.05) is 18.2 Å². The highest BCUT2D eigenvalue weighted by atomic mass is 16.5. The molecule has 1 aliphatic heterocycles. The zero-order chi connectivity index (χ0) is 14.5. The highest BCUT2D eigenvalue weighted by molar-refractivity contribution is 5.48. The third-order valence-corrected chi connectivity index (χ3v) is 3.71. The van der Waals surface area contributed by atoms with E-state index in [-0.39, 0.29) is 6.61 Å². The first kappa shape index (κ1) is 14.0. The van der Waals surface area contributed by atoms with E-state index in [0.717, 1.165) is 48.5 Å². The summed E-state index contributed by atoms with van der Waals surface area (Å²) in [5.41, 5.74) is 3.48. The summed E-state index contributed by atoms with van der Waals surface area (Å²) in [5.74, 6) is 1.88. The smallest absolute Gasteiger partial charge is 0.123 e. The van der Waals surface area contributed by atoms with Crippen molar-refractivity contribution in [1.29, 1.82) is 0 Å². The van der Waals surface area contributed by atoms with Crippen LogP contribution in [0, 0.1) is 0 Å². The maximum atomic E-state index is 9.05. The molecule has 0 fully saturated rings. The van der Waals surface area contributed by atoms with Crippen molar-refractivity contribution in [2.24, 2.45) is 0 Å². The van der Waals surface area contributed by atoms with Crippen LogP contribution in [0.25, 0.3) is 0 Å². The van der Waals surface area contributed by atoms with Crippen molar-refractivity contribution in [3.05, 3.63) is 59.2 Å². The summed E-state index contributed by atoms with van der Waals surface area (Å²) in [7, 11) is 0. The molecule has 0 saturated heterocycles. The number of benzene rings is 2. The van der Waals surface area contributed by atoms with Crippen LogP contribution in [0.3, 0.4) is 0 Å². The van der Waals surface area contributed by atoms with E-state index in [4.69, 9.17) is 14.6 Å². The van der Waals surface area contributed by atoms with Gasteiger partial charge in [-0.25, -0.2) is 0 Å². The molecule has 0 spiro atoms. The first-order chi connectivity index (χ1) is 10.4. The van der Waals surface area contributed by atoms with Gasteiger partial charge >= 0.3 is 0 Å². The molecule has 0 radical (unpaired) electrons. The molecule has 3 rings (SSSR count). The van der Waals surface area contributed by atoms with Crippen molar-refractivity contribution >= 4 is 0 Å². The molecule has 110 valence electrons. The number of hydrogen-bond acceptors (Lipinski definition) is 3. The van der Waals surface area contributed by atoms with E-state index in [1.165, 1.54) is 5.56 Å². The van der Waals surface area contributed by atoms with Gasteiger partial charge in [0, 0.05) is 18.6 Å². The number of aliphatic hydroxyl groups is 1. The van der Waals surface area contributed by atoms with Gasteiger partial charge in [0.05, 0.1) is 6.61 Å². The Bertz CT molecular complexity index is 593. The van der Waals surface area contributed by atoms with Gasteiger partial charge in [0.25, 0.3) is 0 Å². The van der Waals surface area contributed by atoms with Crippen LogP contribution in [-0.2, 0) is 19.4 Å². The van der Waals surface area contributed by atoms with Crippen LogP contribution in [-0.4, -0.2) is 18.3 Å². The van der Waals surface area contributed by atoms with Gasteiger partial charge < -0.3 is 14.6 Å². The summed E-state index contributed by atoms with van der Waals surface area (Å²) in [6.07, 6.45) is 2.48. The molecular weight excluding hydrogens is 264 g/mol. The first-order valence-corrected chi connectivity index (χ1v) is 7.43. The fraction of sp³-hybridized carbons (Fsp3) is 0.333. The van der Waals surface area contributed by atoms with Crippen LogP contribution in [0.2, 0.25) is 0 Å². The van der Waals surface area contributed by atoms with Gasteiger partial charge in [0.2, 0.25) is 0 Å². The maximum Gasteiger partial charge on any atom is 0.123 e. The summed E-state index contributed by atoms with van der Waals surface area (Å²) in [4.78, 5) is 0. The molecule has 2 aromatic carbocycles. The number of ether oxygens (including phenoxy) is 2. The fourth-order valence-corrected chi connectivity index (χ4v) is 2.58. The Morgan fingerprint density at radius 1 is 1.14 bits per heavy atom. The topological polar surface area (TPSA) is 38.7 Å². The molecular formula is C18H20O3. The first-order valence-electron chi connectivity index (χ1n) is 7.43. The van der Waals surface area contributed by atoms with Gasteiger partial charge in [-0.3, -0.25) is 0 Å². The average molecular weight is 284 g/mol. The van der Waals surface area contributed by atoms with Crippen molar-refractivity contribution in [2.45, 2.75) is 25.9 Å². The predicted molar refractivity (Wildman–Crippen MR) is 81.8 cm³/mol. The molecule has 21 heavy (non-hydrogen) atoms. The van der Waals surface area contributed by atoms with Gasteiger partial charge in [0.15, 0.2) is 0 Å². The van der Waals surface area contributed by atoms with E-state index in [2.05, 4.69) is 24.3 Å². The Morgan fingerprint density at radius 3 is 2.81 bits per heavy atom. The van der Waals surface area contributed by atoms with Crippen LogP contribution in [0.5, 0.6) is 11.5 Å². The number of aliphatic hydroxyl groups excluding tert-OH is 1. The molecule has 1 N–H and O–H groups in total. The number of rotatable bonds is 6. The molecule has 3 nitrogen and oxygen atoms in total. The lowest BCUT2D eigenvalue weighted by atomic mass is 10.0. The Balaban J connectivity index is 1.78. The molecule has 0 aliphatic carbocycles. The summed E-state index contributed by atoms with van der Waals surface area (Å²) < 4.78 is 11.6. The van der Waals surface area contributed by atoms with Crippen LogP contribution in [0.4, 0.5) is 0 Å². The zero-order valence-electron chi connectivity index (χ0n) is 12.0. The van der Waals surface area contributed by atoms with E-state index >= 15 is 0 Å². The minimum absolute atomic E-state index is 0.191. The Labute approximate surface area is 125 Å². The summed E-state index contributed by atoms with van der Waals surface area (Å²) >= 11 is 0. The second-order valence-electron chi connectivity index (χ2n) is 5.27. The molecule has 0 bridgehead atoms. The lowest BCUT2D eigenvalue weighted by Gasteiger charge is -2.13. The molecule has 1 aliphatic rings. The van der Waals surface area contributed by atoms with Crippen LogP contribution in [0.15, 0.2) is 42.5 Å². The predicted octanol–water partition coefficient (Wildman–Crippen LogP) is 3.13. The van der Waals surface area contributed by atoms with Crippen LogP contribution in [0.1, 0.15) is 23.1 Å². The third kappa shape index (κ3) is 3.37. The fourth-order valence-electron chi connectivity index (χ4n) is 2.58. The molecule has 3 heteroatoms. The van der Waals surface area contributed by atoms with Crippen LogP contribution < -0.4 is 9.47 Å². The molecule has 0 unspecified atom stereocenters.